The lowest BCUT2D eigenvalue weighted by Crippen LogP contribution is -2.49. The molecule has 2 aliphatic heterocycles. The van der Waals surface area contributed by atoms with E-state index in [4.69, 9.17) is 0 Å². The molecule has 0 spiro atoms. The Kier molecular flexibility index (Phi) is 7.42. The van der Waals surface area contributed by atoms with Gasteiger partial charge in [0, 0.05) is 17.9 Å². The summed E-state index contributed by atoms with van der Waals surface area (Å²) in [5.74, 6) is 1.02. The quantitative estimate of drug-likeness (QED) is 0.613. The van der Waals surface area contributed by atoms with Gasteiger partial charge >= 0.3 is 0 Å². The Labute approximate surface area is 198 Å². The second-order valence-electron chi connectivity index (χ2n) is 10.3. The van der Waals surface area contributed by atoms with Gasteiger partial charge in [0.2, 0.25) is 5.91 Å². The SMILES string of the molecule is O=C(NCc1cc(C2CC2)n[nH]1)C1CCN(C2CCN(CCCc3ccccc3)CC2)CC1. The number of nitrogens with zero attached hydrogens (tertiary/aromatic N) is 3. The minimum atomic E-state index is 0.158. The molecular weight excluding hydrogens is 410 g/mol. The van der Waals surface area contributed by atoms with E-state index < -0.39 is 0 Å². The number of carbonyl (C=O) groups excluding carboxylic acids is 1. The topological polar surface area (TPSA) is 64.3 Å². The van der Waals surface area contributed by atoms with Crippen molar-refractivity contribution >= 4 is 5.91 Å². The van der Waals surface area contributed by atoms with Crippen LogP contribution >= 0.6 is 0 Å². The van der Waals surface area contributed by atoms with Crippen LogP contribution in [0, 0.1) is 5.92 Å². The Balaban J connectivity index is 0.970. The first-order chi connectivity index (χ1) is 16.2. The molecule has 3 aliphatic rings. The summed E-state index contributed by atoms with van der Waals surface area (Å²) < 4.78 is 0. The second-order valence-corrected chi connectivity index (χ2v) is 10.3. The zero-order valence-corrected chi connectivity index (χ0v) is 19.8. The van der Waals surface area contributed by atoms with Gasteiger partial charge in [-0.1, -0.05) is 30.3 Å². The Hall–Kier alpha value is -2.18. The molecule has 1 aromatic heterocycles. The lowest BCUT2D eigenvalue weighted by Gasteiger charge is -2.41. The number of nitrogens with one attached hydrogen (secondary N) is 2. The highest BCUT2D eigenvalue weighted by Crippen LogP contribution is 2.39. The third-order valence-corrected chi connectivity index (χ3v) is 7.86. The van der Waals surface area contributed by atoms with Gasteiger partial charge in [0.1, 0.15) is 0 Å². The van der Waals surface area contributed by atoms with Crippen LogP contribution in [0.3, 0.4) is 0 Å². The van der Waals surface area contributed by atoms with Crippen molar-refractivity contribution in [2.75, 3.05) is 32.7 Å². The third kappa shape index (κ3) is 6.24. The molecule has 1 aliphatic carbocycles. The standard InChI is InChI=1S/C27H39N5O/c33-27(28-20-24-19-26(30-29-24)22-8-9-22)23-10-17-32(18-11-23)25-12-15-31(16-13-25)14-4-7-21-5-2-1-3-6-21/h1-3,5-6,19,22-23,25H,4,7-18,20H2,(H,28,33)(H,29,30). The fraction of sp³-hybridized carbons (Fsp3) is 0.630. The number of H-pyrrole nitrogens is 1. The smallest absolute Gasteiger partial charge is 0.223 e. The van der Waals surface area contributed by atoms with E-state index in [0.717, 1.165) is 37.3 Å². The maximum Gasteiger partial charge on any atom is 0.223 e. The summed E-state index contributed by atoms with van der Waals surface area (Å²) in [5.41, 5.74) is 3.64. The van der Waals surface area contributed by atoms with Crippen LogP contribution in [0.4, 0.5) is 0 Å². The van der Waals surface area contributed by atoms with Gasteiger partial charge in [0.25, 0.3) is 0 Å². The van der Waals surface area contributed by atoms with Crippen LogP contribution in [-0.4, -0.2) is 64.7 Å². The molecule has 0 atom stereocenters. The molecule has 2 aromatic rings. The van der Waals surface area contributed by atoms with Gasteiger partial charge < -0.3 is 15.1 Å². The first-order valence-corrected chi connectivity index (χ1v) is 13.1. The molecule has 6 heteroatoms. The zero-order chi connectivity index (χ0) is 22.5. The van der Waals surface area contributed by atoms with Crippen molar-refractivity contribution in [2.24, 2.45) is 5.92 Å². The Morgan fingerprint density at radius 1 is 1.00 bits per heavy atom. The average molecular weight is 450 g/mol. The molecule has 0 unspecified atom stereocenters. The van der Waals surface area contributed by atoms with Gasteiger partial charge in [-0.15, -0.1) is 0 Å². The minimum absolute atomic E-state index is 0.158. The van der Waals surface area contributed by atoms with Crippen LogP contribution < -0.4 is 5.32 Å². The molecule has 0 radical (unpaired) electrons. The van der Waals surface area contributed by atoms with Gasteiger partial charge in [-0.3, -0.25) is 9.89 Å². The highest BCUT2D eigenvalue weighted by Gasteiger charge is 2.31. The van der Waals surface area contributed by atoms with E-state index in [9.17, 15) is 4.79 Å². The molecule has 33 heavy (non-hydrogen) atoms. The summed E-state index contributed by atoms with van der Waals surface area (Å²) in [4.78, 5) is 18.0. The number of carbonyl (C=O) groups is 1. The monoisotopic (exact) mass is 449 g/mol. The summed E-state index contributed by atoms with van der Waals surface area (Å²) in [7, 11) is 0. The predicted molar refractivity (Wildman–Crippen MR) is 131 cm³/mol. The molecule has 3 heterocycles. The van der Waals surface area contributed by atoms with E-state index in [0.29, 0.717) is 18.5 Å². The first-order valence-electron chi connectivity index (χ1n) is 13.1. The zero-order valence-electron chi connectivity index (χ0n) is 19.8. The molecule has 1 amide bonds. The molecule has 5 rings (SSSR count). The third-order valence-electron chi connectivity index (χ3n) is 7.86. The van der Waals surface area contributed by atoms with E-state index >= 15 is 0 Å². The number of aryl methyl sites for hydroxylation is 1. The van der Waals surface area contributed by atoms with Crippen molar-refractivity contribution in [3.8, 4) is 0 Å². The van der Waals surface area contributed by atoms with Crippen molar-refractivity contribution in [2.45, 2.75) is 69.9 Å². The Morgan fingerprint density at radius 2 is 1.76 bits per heavy atom. The maximum absolute atomic E-state index is 12.7. The number of hydrogen-bond acceptors (Lipinski definition) is 4. The van der Waals surface area contributed by atoms with E-state index in [1.807, 2.05) is 0 Å². The Morgan fingerprint density at radius 3 is 2.48 bits per heavy atom. The van der Waals surface area contributed by atoms with Crippen molar-refractivity contribution < 1.29 is 4.79 Å². The number of aromatic amines is 1. The lowest BCUT2D eigenvalue weighted by atomic mass is 9.92. The van der Waals surface area contributed by atoms with Crippen molar-refractivity contribution in [3.05, 3.63) is 53.3 Å². The highest BCUT2D eigenvalue weighted by atomic mass is 16.1. The fourth-order valence-corrected chi connectivity index (χ4v) is 5.57. The van der Waals surface area contributed by atoms with Crippen LogP contribution in [0.2, 0.25) is 0 Å². The van der Waals surface area contributed by atoms with Crippen molar-refractivity contribution in [3.63, 3.8) is 0 Å². The minimum Gasteiger partial charge on any atom is -0.350 e. The van der Waals surface area contributed by atoms with Crippen LogP contribution in [-0.2, 0) is 17.8 Å². The van der Waals surface area contributed by atoms with Gasteiger partial charge in [0.15, 0.2) is 0 Å². The Bertz CT molecular complexity index is 877. The molecule has 0 bridgehead atoms. The van der Waals surface area contributed by atoms with Gasteiger partial charge in [0.05, 0.1) is 17.9 Å². The predicted octanol–water partition coefficient (Wildman–Crippen LogP) is 3.71. The molecule has 2 saturated heterocycles. The van der Waals surface area contributed by atoms with Crippen molar-refractivity contribution in [1.82, 2.24) is 25.3 Å². The van der Waals surface area contributed by atoms with Gasteiger partial charge in [-0.2, -0.15) is 5.10 Å². The number of hydrogen-bond donors (Lipinski definition) is 2. The highest BCUT2D eigenvalue weighted by molar-refractivity contribution is 5.78. The second kappa shape index (κ2) is 10.8. The number of piperidine rings is 2. The maximum atomic E-state index is 12.7. The normalized spacial score (nSPS) is 21.3. The summed E-state index contributed by atoms with van der Waals surface area (Å²) >= 11 is 0. The van der Waals surface area contributed by atoms with E-state index in [2.05, 4.69) is 61.7 Å². The largest absolute Gasteiger partial charge is 0.350 e. The van der Waals surface area contributed by atoms with Crippen LogP contribution in [0.25, 0.3) is 0 Å². The lowest BCUT2D eigenvalue weighted by molar-refractivity contribution is -0.126. The summed E-state index contributed by atoms with van der Waals surface area (Å²) in [6.45, 7) is 6.34. The molecule has 2 N–H and O–H groups in total. The van der Waals surface area contributed by atoms with Crippen LogP contribution in [0.5, 0.6) is 0 Å². The van der Waals surface area contributed by atoms with Gasteiger partial charge in [-0.05, 0) is 95.7 Å². The first kappa shape index (κ1) is 22.6. The molecule has 6 nitrogen and oxygen atoms in total. The number of amides is 1. The van der Waals surface area contributed by atoms with Crippen LogP contribution in [0.15, 0.2) is 36.4 Å². The van der Waals surface area contributed by atoms with Crippen molar-refractivity contribution in [1.29, 1.82) is 0 Å². The molecular formula is C27H39N5O. The number of aromatic nitrogens is 2. The molecule has 178 valence electrons. The number of likely N-dealkylation sites (tertiary alicyclic amines) is 2. The molecule has 1 saturated carbocycles. The average Bonchev–Trinajstić information content (AvgIpc) is 3.61. The number of benzene rings is 1. The van der Waals surface area contributed by atoms with Crippen LogP contribution in [0.1, 0.15) is 67.8 Å². The van der Waals surface area contributed by atoms with E-state index in [-0.39, 0.29) is 11.8 Å². The van der Waals surface area contributed by atoms with E-state index in [1.54, 1.807) is 0 Å². The fourth-order valence-electron chi connectivity index (χ4n) is 5.57. The summed E-state index contributed by atoms with van der Waals surface area (Å²) in [5, 5.41) is 10.6. The van der Waals surface area contributed by atoms with Gasteiger partial charge in [-0.25, -0.2) is 0 Å². The molecule has 1 aromatic carbocycles. The molecule has 3 fully saturated rings. The summed E-state index contributed by atoms with van der Waals surface area (Å²) in [6.07, 6.45) is 9.44. The van der Waals surface area contributed by atoms with E-state index in [1.165, 1.54) is 63.7 Å². The summed E-state index contributed by atoms with van der Waals surface area (Å²) in [6, 6.07) is 13.7. The number of rotatable bonds is 9.